The predicted octanol–water partition coefficient (Wildman–Crippen LogP) is 3.16. The summed E-state index contributed by atoms with van der Waals surface area (Å²) in [6.45, 7) is 9.02. The van der Waals surface area contributed by atoms with Gasteiger partial charge in [0.15, 0.2) is 0 Å². The summed E-state index contributed by atoms with van der Waals surface area (Å²) >= 11 is 0. The first-order valence-electron chi connectivity index (χ1n) is 7.29. The molecule has 0 aliphatic heterocycles. The number of ketones is 1. The molecule has 0 aromatic heterocycles. The molecule has 0 saturated heterocycles. The van der Waals surface area contributed by atoms with Crippen molar-refractivity contribution < 1.29 is 14.3 Å². The normalized spacial score (nSPS) is 12.1. The minimum atomic E-state index is -0.689. The molecule has 0 saturated carbocycles. The van der Waals surface area contributed by atoms with Crippen molar-refractivity contribution in [2.75, 3.05) is 0 Å². The second-order valence-electron chi connectivity index (χ2n) is 6.35. The average Bonchev–Trinajstić information content (AvgIpc) is 2.41. The summed E-state index contributed by atoms with van der Waals surface area (Å²) in [5.74, 6) is 4.99. The van der Waals surface area contributed by atoms with E-state index < -0.39 is 17.7 Å². The molecule has 1 amide bonds. The van der Waals surface area contributed by atoms with Crippen molar-refractivity contribution in [3.8, 4) is 11.8 Å². The van der Waals surface area contributed by atoms with Gasteiger partial charge in [-0.15, -0.1) is 0 Å². The van der Waals surface area contributed by atoms with Crippen LogP contribution in [-0.2, 0) is 9.53 Å². The molecule has 4 heteroatoms. The Hall–Kier alpha value is -2.28. The standard InChI is InChI=1S/C18H23NO3/c1-13(2)16(19-17(21)22-18(3,4)5)15(20)12-11-14-9-7-6-8-10-14/h6-10,13,16H,1-5H3,(H,19,21). The van der Waals surface area contributed by atoms with Crippen molar-refractivity contribution in [1.29, 1.82) is 0 Å². The number of hydrogen-bond acceptors (Lipinski definition) is 3. The Labute approximate surface area is 132 Å². The minimum Gasteiger partial charge on any atom is -0.444 e. The van der Waals surface area contributed by atoms with Crippen LogP contribution in [0.1, 0.15) is 40.2 Å². The molecule has 0 spiro atoms. The van der Waals surface area contributed by atoms with Gasteiger partial charge in [-0.3, -0.25) is 4.79 Å². The van der Waals surface area contributed by atoms with Crippen molar-refractivity contribution in [3.63, 3.8) is 0 Å². The zero-order valence-electron chi connectivity index (χ0n) is 13.8. The first-order valence-corrected chi connectivity index (χ1v) is 7.29. The maximum atomic E-state index is 12.2. The van der Waals surface area contributed by atoms with Crippen LogP contribution < -0.4 is 5.32 Å². The van der Waals surface area contributed by atoms with Crippen molar-refractivity contribution in [3.05, 3.63) is 35.9 Å². The first kappa shape index (κ1) is 17.8. The van der Waals surface area contributed by atoms with E-state index in [9.17, 15) is 9.59 Å². The van der Waals surface area contributed by atoms with Gasteiger partial charge in [-0.05, 0) is 44.7 Å². The van der Waals surface area contributed by atoms with Crippen LogP contribution in [0.5, 0.6) is 0 Å². The van der Waals surface area contributed by atoms with Crippen LogP contribution in [0.4, 0.5) is 4.79 Å². The molecular formula is C18H23NO3. The fraction of sp³-hybridized carbons (Fsp3) is 0.444. The number of rotatable bonds is 3. The van der Waals surface area contributed by atoms with Crippen molar-refractivity contribution in [1.82, 2.24) is 5.32 Å². The topological polar surface area (TPSA) is 55.4 Å². The summed E-state index contributed by atoms with van der Waals surface area (Å²) in [6, 6.07) is 8.55. The molecule has 0 aliphatic rings. The Bertz CT molecular complexity index is 574. The number of hydrogen-bond donors (Lipinski definition) is 1. The molecular weight excluding hydrogens is 278 g/mol. The van der Waals surface area contributed by atoms with Gasteiger partial charge in [0.25, 0.3) is 0 Å². The van der Waals surface area contributed by atoms with Crippen LogP contribution >= 0.6 is 0 Å². The third-order valence-electron chi connectivity index (χ3n) is 2.73. The monoisotopic (exact) mass is 301 g/mol. The first-order chi connectivity index (χ1) is 10.2. The molecule has 1 aromatic rings. The van der Waals surface area contributed by atoms with Crippen LogP contribution in [0, 0.1) is 17.8 Å². The molecule has 0 heterocycles. The second kappa shape index (κ2) is 7.65. The molecule has 0 aliphatic carbocycles. The molecule has 118 valence electrons. The third kappa shape index (κ3) is 6.45. The number of benzene rings is 1. The Kier molecular flexibility index (Phi) is 6.18. The lowest BCUT2D eigenvalue weighted by Gasteiger charge is -2.23. The van der Waals surface area contributed by atoms with Crippen molar-refractivity contribution in [2.24, 2.45) is 5.92 Å². The van der Waals surface area contributed by atoms with Gasteiger partial charge in [-0.2, -0.15) is 0 Å². The van der Waals surface area contributed by atoms with Crippen LogP contribution in [0.25, 0.3) is 0 Å². The van der Waals surface area contributed by atoms with Crippen LogP contribution in [0.3, 0.4) is 0 Å². The number of nitrogens with one attached hydrogen (secondary N) is 1. The summed E-state index contributed by atoms with van der Waals surface area (Å²) in [6.07, 6.45) is -0.610. The van der Waals surface area contributed by atoms with Gasteiger partial charge in [-0.1, -0.05) is 38.0 Å². The van der Waals surface area contributed by atoms with Crippen LogP contribution in [0.2, 0.25) is 0 Å². The summed E-state index contributed by atoms with van der Waals surface area (Å²) in [7, 11) is 0. The zero-order chi connectivity index (χ0) is 16.8. The largest absolute Gasteiger partial charge is 0.444 e. The Morgan fingerprint density at radius 1 is 1.14 bits per heavy atom. The molecule has 4 nitrogen and oxygen atoms in total. The molecule has 0 fully saturated rings. The minimum absolute atomic E-state index is 0.0786. The van der Waals surface area contributed by atoms with E-state index in [-0.39, 0.29) is 11.7 Å². The highest BCUT2D eigenvalue weighted by atomic mass is 16.6. The fourth-order valence-corrected chi connectivity index (χ4v) is 1.70. The number of carbonyl (C=O) groups is 2. The lowest BCUT2D eigenvalue weighted by molar-refractivity contribution is -0.116. The summed E-state index contributed by atoms with van der Waals surface area (Å²) < 4.78 is 5.18. The van der Waals surface area contributed by atoms with E-state index in [0.29, 0.717) is 0 Å². The number of carbonyl (C=O) groups excluding carboxylic acids is 2. The Balaban J connectivity index is 2.77. The molecule has 0 radical (unpaired) electrons. The highest BCUT2D eigenvalue weighted by Crippen LogP contribution is 2.09. The van der Waals surface area contributed by atoms with E-state index in [0.717, 1.165) is 5.56 Å². The Morgan fingerprint density at radius 2 is 1.73 bits per heavy atom. The van der Waals surface area contributed by atoms with E-state index in [2.05, 4.69) is 17.2 Å². The number of Topliss-reactive ketones (excluding diaryl/α,β-unsaturated/α-hetero) is 1. The summed E-state index contributed by atoms with van der Waals surface area (Å²) in [5, 5.41) is 2.60. The molecule has 1 rings (SSSR count). The predicted molar refractivity (Wildman–Crippen MR) is 86.3 cm³/mol. The smallest absolute Gasteiger partial charge is 0.408 e. The van der Waals surface area contributed by atoms with Crippen molar-refractivity contribution >= 4 is 11.9 Å². The molecule has 0 bridgehead atoms. The van der Waals surface area contributed by atoms with Gasteiger partial charge >= 0.3 is 6.09 Å². The van der Waals surface area contributed by atoms with Gasteiger partial charge in [0.1, 0.15) is 11.6 Å². The van der Waals surface area contributed by atoms with E-state index in [1.54, 1.807) is 20.8 Å². The van der Waals surface area contributed by atoms with Gasteiger partial charge in [0, 0.05) is 5.56 Å². The van der Waals surface area contributed by atoms with Crippen LogP contribution in [-0.4, -0.2) is 23.5 Å². The van der Waals surface area contributed by atoms with E-state index in [1.807, 2.05) is 44.2 Å². The fourth-order valence-electron chi connectivity index (χ4n) is 1.70. The van der Waals surface area contributed by atoms with Gasteiger partial charge in [-0.25, -0.2) is 4.79 Å². The van der Waals surface area contributed by atoms with Crippen LogP contribution in [0.15, 0.2) is 30.3 Å². The highest BCUT2D eigenvalue weighted by molar-refractivity contribution is 6.01. The van der Waals surface area contributed by atoms with E-state index in [4.69, 9.17) is 4.74 Å². The molecule has 1 unspecified atom stereocenters. The highest BCUT2D eigenvalue weighted by Gasteiger charge is 2.25. The average molecular weight is 301 g/mol. The van der Waals surface area contributed by atoms with Gasteiger partial charge in [0.05, 0.1) is 0 Å². The van der Waals surface area contributed by atoms with Crippen molar-refractivity contribution in [2.45, 2.75) is 46.3 Å². The Morgan fingerprint density at radius 3 is 2.23 bits per heavy atom. The van der Waals surface area contributed by atoms with Gasteiger partial charge in [0.2, 0.25) is 5.78 Å². The number of amides is 1. The van der Waals surface area contributed by atoms with Gasteiger partial charge < -0.3 is 10.1 Å². The lowest BCUT2D eigenvalue weighted by atomic mass is 10.00. The number of alkyl carbamates (subject to hydrolysis) is 1. The molecule has 1 aromatic carbocycles. The number of ether oxygens (including phenoxy) is 1. The maximum Gasteiger partial charge on any atom is 0.408 e. The maximum absolute atomic E-state index is 12.2. The molecule has 1 N–H and O–H groups in total. The molecule has 22 heavy (non-hydrogen) atoms. The van der Waals surface area contributed by atoms with E-state index >= 15 is 0 Å². The summed E-state index contributed by atoms with van der Waals surface area (Å²) in [4.78, 5) is 24.0. The summed E-state index contributed by atoms with van der Waals surface area (Å²) in [5.41, 5.74) is 0.153. The molecule has 1 atom stereocenters. The SMILES string of the molecule is CC(C)C(NC(=O)OC(C)(C)C)C(=O)C#Cc1ccccc1. The third-order valence-corrected chi connectivity index (χ3v) is 2.73. The zero-order valence-corrected chi connectivity index (χ0v) is 13.8. The lowest BCUT2D eigenvalue weighted by Crippen LogP contribution is -2.46. The second-order valence-corrected chi connectivity index (χ2v) is 6.35. The quantitative estimate of drug-likeness (QED) is 0.873. The van der Waals surface area contributed by atoms with E-state index in [1.165, 1.54) is 0 Å².